The summed E-state index contributed by atoms with van der Waals surface area (Å²) in [6.07, 6.45) is 1.40. The lowest BCUT2D eigenvalue weighted by molar-refractivity contribution is 0.411. The number of halogens is 1. The molecule has 0 aliphatic heterocycles. The number of hydrogen-bond donors (Lipinski definition) is 1. The first-order chi connectivity index (χ1) is 12.7. The number of benzene rings is 2. The SMILES string of the molecule is N#Cc1ccc(Oc2nc3c(cnn3-c3ccccc3)c(=O)[nH]2)c(F)c1. The van der Waals surface area contributed by atoms with Crippen molar-refractivity contribution < 1.29 is 9.13 Å². The average Bonchev–Trinajstić information content (AvgIpc) is 3.08. The molecule has 4 rings (SSSR count). The first-order valence-corrected chi connectivity index (χ1v) is 7.56. The van der Waals surface area contributed by atoms with Gasteiger partial charge in [0.05, 0.1) is 23.5 Å². The Hall–Kier alpha value is -3.99. The Morgan fingerprint density at radius 2 is 2.00 bits per heavy atom. The van der Waals surface area contributed by atoms with Gasteiger partial charge in [-0.3, -0.25) is 9.78 Å². The minimum absolute atomic E-state index is 0.155. The van der Waals surface area contributed by atoms with Crippen LogP contribution in [0, 0.1) is 17.1 Å². The van der Waals surface area contributed by atoms with Gasteiger partial charge in [-0.25, -0.2) is 9.07 Å². The highest BCUT2D eigenvalue weighted by atomic mass is 19.1. The van der Waals surface area contributed by atoms with Gasteiger partial charge in [-0.2, -0.15) is 15.3 Å². The van der Waals surface area contributed by atoms with Crippen molar-refractivity contribution in [2.45, 2.75) is 0 Å². The number of para-hydroxylation sites is 1. The molecule has 126 valence electrons. The molecule has 7 nitrogen and oxygen atoms in total. The fourth-order valence-electron chi connectivity index (χ4n) is 2.46. The molecule has 8 heteroatoms. The van der Waals surface area contributed by atoms with Crippen molar-refractivity contribution in [1.82, 2.24) is 19.7 Å². The molecule has 0 radical (unpaired) electrons. The van der Waals surface area contributed by atoms with E-state index in [0.29, 0.717) is 0 Å². The van der Waals surface area contributed by atoms with Crippen LogP contribution in [0.25, 0.3) is 16.7 Å². The smallest absolute Gasteiger partial charge is 0.304 e. The van der Waals surface area contributed by atoms with Crippen LogP contribution in [-0.2, 0) is 0 Å². The topological polar surface area (TPSA) is 96.6 Å². The van der Waals surface area contributed by atoms with Crippen molar-refractivity contribution in [3.63, 3.8) is 0 Å². The number of aromatic amines is 1. The molecule has 26 heavy (non-hydrogen) atoms. The second-order valence-corrected chi connectivity index (χ2v) is 5.36. The predicted octanol–water partition coefficient (Wildman–Crippen LogP) is 2.91. The maximum atomic E-state index is 14.0. The quantitative estimate of drug-likeness (QED) is 0.615. The fraction of sp³-hybridized carbons (Fsp3) is 0. The van der Waals surface area contributed by atoms with Gasteiger partial charge in [0.25, 0.3) is 5.56 Å². The second kappa shape index (κ2) is 6.14. The van der Waals surface area contributed by atoms with E-state index in [1.165, 1.54) is 23.0 Å². The molecule has 0 amide bonds. The van der Waals surface area contributed by atoms with Gasteiger partial charge in [-0.05, 0) is 30.3 Å². The summed E-state index contributed by atoms with van der Waals surface area (Å²) in [6.45, 7) is 0. The third-order valence-electron chi connectivity index (χ3n) is 3.68. The normalized spacial score (nSPS) is 10.6. The van der Waals surface area contributed by atoms with Gasteiger partial charge < -0.3 is 4.74 Å². The van der Waals surface area contributed by atoms with Crippen molar-refractivity contribution in [3.05, 3.63) is 76.5 Å². The third-order valence-corrected chi connectivity index (χ3v) is 3.68. The van der Waals surface area contributed by atoms with Crippen LogP contribution in [0.2, 0.25) is 0 Å². The molecule has 2 heterocycles. The highest BCUT2D eigenvalue weighted by Crippen LogP contribution is 2.23. The Balaban J connectivity index is 1.80. The molecule has 0 spiro atoms. The standard InChI is InChI=1S/C18H10FN5O2/c19-14-8-11(9-20)6-7-15(14)26-18-22-16-13(17(25)23-18)10-21-24(16)12-4-2-1-3-5-12/h1-8,10H,(H,22,23,25). The Kier molecular flexibility index (Phi) is 3.67. The Morgan fingerprint density at radius 3 is 2.73 bits per heavy atom. The summed E-state index contributed by atoms with van der Waals surface area (Å²) in [5.74, 6) is -0.888. The number of nitriles is 1. The number of fused-ring (bicyclic) bond motifs is 1. The Bertz CT molecular complexity index is 1210. The highest BCUT2D eigenvalue weighted by Gasteiger charge is 2.14. The largest absolute Gasteiger partial charge is 0.422 e. The van der Waals surface area contributed by atoms with E-state index in [4.69, 9.17) is 10.00 Å². The van der Waals surface area contributed by atoms with Crippen LogP contribution in [0.1, 0.15) is 5.56 Å². The minimum atomic E-state index is -0.733. The van der Waals surface area contributed by atoms with Gasteiger partial charge in [-0.1, -0.05) is 18.2 Å². The number of rotatable bonds is 3. The van der Waals surface area contributed by atoms with Crippen LogP contribution in [-0.4, -0.2) is 19.7 Å². The van der Waals surface area contributed by atoms with Crippen molar-refractivity contribution in [3.8, 4) is 23.5 Å². The predicted molar refractivity (Wildman–Crippen MR) is 90.7 cm³/mol. The third kappa shape index (κ3) is 2.67. The molecule has 0 bridgehead atoms. The van der Waals surface area contributed by atoms with Crippen molar-refractivity contribution >= 4 is 11.0 Å². The van der Waals surface area contributed by atoms with Gasteiger partial charge >= 0.3 is 6.01 Å². The van der Waals surface area contributed by atoms with Crippen molar-refractivity contribution in [2.24, 2.45) is 0 Å². The van der Waals surface area contributed by atoms with Crippen LogP contribution in [0.5, 0.6) is 11.8 Å². The average molecular weight is 347 g/mol. The highest BCUT2D eigenvalue weighted by molar-refractivity contribution is 5.75. The van der Waals surface area contributed by atoms with Crippen LogP contribution in [0.4, 0.5) is 4.39 Å². The maximum Gasteiger partial charge on any atom is 0.304 e. The summed E-state index contributed by atoms with van der Waals surface area (Å²) in [5, 5.41) is 13.2. The first-order valence-electron chi connectivity index (χ1n) is 7.56. The lowest BCUT2D eigenvalue weighted by atomic mass is 10.2. The molecule has 0 aliphatic carbocycles. The summed E-state index contributed by atoms with van der Waals surface area (Å²) in [6, 6.07) is 14.6. The van der Waals surface area contributed by atoms with Gasteiger partial charge in [0, 0.05) is 0 Å². The van der Waals surface area contributed by atoms with E-state index in [-0.39, 0.29) is 28.4 Å². The minimum Gasteiger partial charge on any atom is -0.422 e. The zero-order valence-electron chi connectivity index (χ0n) is 13.2. The summed E-state index contributed by atoms with van der Waals surface area (Å²) in [4.78, 5) is 18.9. The molecule has 1 N–H and O–H groups in total. The summed E-state index contributed by atoms with van der Waals surface area (Å²) < 4.78 is 20.9. The molecule has 0 fully saturated rings. The maximum absolute atomic E-state index is 14.0. The molecular weight excluding hydrogens is 337 g/mol. The van der Waals surface area contributed by atoms with E-state index in [1.54, 1.807) is 0 Å². The zero-order valence-corrected chi connectivity index (χ0v) is 13.2. The van der Waals surface area contributed by atoms with Gasteiger partial charge in [0.2, 0.25) is 0 Å². The molecule has 0 saturated heterocycles. The van der Waals surface area contributed by atoms with Crippen LogP contribution >= 0.6 is 0 Å². The van der Waals surface area contributed by atoms with Crippen molar-refractivity contribution in [1.29, 1.82) is 5.26 Å². The van der Waals surface area contributed by atoms with E-state index in [1.807, 2.05) is 36.4 Å². The summed E-state index contributed by atoms with van der Waals surface area (Å²) >= 11 is 0. The molecule has 0 atom stereocenters. The number of nitrogens with zero attached hydrogens (tertiary/aromatic N) is 4. The molecule has 4 aromatic rings. The molecule has 0 saturated carbocycles. The Labute approximate surface area is 145 Å². The number of aromatic nitrogens is 4. The molecular formula is C18H10FN5O2. The van der Waals surface area contributed by atoms with E-state index in [2.05, 4.69) is 15.1 Å². The lowest BCUT2D eigenvalue weighted by Gasteiger charge is -2.07. The number of hydrogen-bond acceptors (Lipinski definition) is 5. The van der Waals surface area contributed by atoms with Crippen LogP contribution in [0.3, 0.4) is 0 Å². The summed E-state index contributed by atoms with van der Waals surface area (Å²) in [5.41, 5.74) is 0.704. The van der Waals surface area contributed by atoms with Crippen LogP contribution < -0.4 is 10.3 Å². The zero-order chi connectivity index (χ0) is 18.1. The number of ether oxygens (including phenoxy) is 1. The lowest BCUT2D eigenvalue weighted by Crippen LogP contribution is -2.10. The first kappa shape index (κ1) is 15.5. The fourth-order valence-corrected chi connectivity index (χ4v) is 2.46. The second-order valence-electron chi connectivity index (χ2n) is 5.36. The molecule has 2 aromatic heterocycles. The van der Waals surface area contributed by atoms with Crippen molar-refractivity contribution in [2.75, 3.05) is 0 Å². The molecule has 0 unspecified atom stereocenters. The molecule has 2 aromatic carbocycles. The van der Waals surface area contributed by atoms with Gasteiger partial charge in [-0.15, -0.1) is 0 Å². The van der Waals surface area contributed by atoms with Crippen LogP contribution in [0.15, 0.2) is 59.5 Å². The number of nitrogens with one attached hydrogen (secondary N) is 1. The number of H-pyrrole nitrogens is 1. The van der Waals surface area contributed by atoms with E-state index in [9.17, 15) is 9.18 Å². The Morgan fingerprint density at radius 1 is 1.19 bits per heavy atom. The molecule has 0 aliphatic rings. The monoisotopic (exact) mass is 347 g/mol. The summed E-state index contributed by atoms with van der Waals surface area (Å²) in [7, 11) is 0. The van der Waals surface area contributed by atoms with E-state index in [0.717, 1.165) is 11.8 Å². The van der Waals surface area contributed by atoms with Gasteiger partial charge in [0.1, 0.15) is 5.39 Å². The van der Waals surface area contributed by atoms with Gasteiger partial charge in [0.15, 0.2) is 17.2 Å². The van der Waals surface area contributed by atoms with E-state index >= 15 is 0 Å². The van der Waals surface area contributed by atoms with E-state index < -0.39 is 11.4 Å².